The van der Waals surface area contributed by atoms with Crippen molar-refractivity contribution in [3.05, 3.63) is 46.0 Å². The molecule has 0 aliphatic rings. The average molecular weight is 356 g/mol. The first kappa shape index (κ1) is 16.4. The van der Waals surface area contributed by atoms with Gasteiger partial charge in [0.25, 0.3) is 5.91 Å². The maximum atomic E-state index is 12.8. The molecule has 1 atom stereocenters. The van der Waals surface area contributed by atoms with Gasteiger partial charge in [-0.25, -0.2) is 0 Å². The molecule has 0 fully saturated rings. The zero-order valence-electron chi connectivity index (χ0n) is 12.0. The summed E-state index contributed by atoms with van der Waals surface area (Å²) in [5.41, 5.74) is 0.833. The van der Waals surface area contributed by atoms with Crippen molar-refractivity contribution in [2.24, 2.45) is 0 Å². The van der Waals surface area contributed by atoms with Gasteiger partial charge in [0.15, 0.2) is 5.69 Å². The number of aliphatic hydroxyl groups is 1. The van der Waals surface area contributed by atoms with Crippen molar-refractivity contribution in [1.29, 1.82) is 0 Å². The first-order chi connectivity index (χ1) is 11.4. The number of carbonyl (C=O) groups is 1. The van der Waals surface area contributed by atoms with E-state index in [2.05, 4.69) is 20.5 Å². The van der Waals surface area contributed by atoms with Crippen molar-refractivity contribution in [2.45, 2.75) is 12.3 Å². The highest BCUT2D eigenvalue weighted by molar-refractivity contribution is 7.09. The van der Waals surface area contributed by atoms with E-state index in [9.17, 15) is 23.1 Å². The van der Waals surface area contributed by atoms with Crippen molar-refractivity contribution in [3.8, 4) is 0 Å². The number of aromatic nitrogens is 3. The molecule has 3 rings (SSSR count). The molecule has 0 aliphatic carbocycles. The fourth-order valence-corrected chi connectivity index (χ4v) is 2.73. The van der Waals surface area contributed by atoms with Crippen molar-refractivity contribution < 1.29 is 23.1 Å². The highest BCUT2D eigenvalue weighted by atomic mass is 32.1. The minimum absolute atomic E-state index is 0.0644. The standard InChI is InChI=1S/C14H11F3N4O2S/c15-14(16,17)7-1-2-9-8(3-7)12(21-20-9)13(23)19-4-10(22)11-5-18-6-24-11/h1-3,5-6,10,22H,4H2,(H,19,23)(H,20,21). The third-order valence-corrected chi connectivity index (χ3v) is 4.22. The van der Waals surface area contributed by atoms with Crippen molar-refractivity contribution >= 4 is 28.1 Å². The monoisotopic (exact) mass is 356 g/mol. The van der Waals surface area contributed by atoms with Crippen LogP contribution in [0, 0.1) is 0 Å². The quantitative estimate of drug-likeness (QED) is 0.670. The van der Waals surface area contributed by atoms with Gasteiger partial charge in [-0.3, -0.25) is 14.9 Å². The molecule has 6 nitrogen and oxygen atoms in total. The summed E-state index contributed by atoms with van der Waals surface area (Å²) in [7, 11) is 0. The summed E-state index contributed by atoms with van der Waals surface area (Å²) in [5, 5.41) is 18.7. The van der Waals surface area contributed by atoms with E-state index in [0.717, 1.165) is 12.1 Å². The number of aliphatic hydroxyl groups excluding tert-OH is 1. The molecule has 0 saturated heterocycles. The normalized spacial score (nSPS) is 13.2. The summed E-state index contributed by atoms with van der Waals surface area (Å²) < 4.78 is 38.4. The van der Waals surface area contributed by atoms with E-state index in [1.165, 1.54) is 23.6 Å². The Kier molecular flexibility index (Phi) is 4.24. The number of carbonyl (C=O) groups excluding carboxylic acids is 1. The van der Waals surface area contributed by atoms with Crippen LogP contribution in [0.3, 0.4) is 0 Å². The molecule has 1 amide bonds. The Bertz CT molecular complexity index is 861. The second-order valence-corrected chi connectivity index (χ2v) is 5.88. The second-order valence-electron chi connectivity index (χ2n) is 4.96. The number of halogens is 3. The van der Waals surface area contributed by atoms with Gasteiger partial charge in [-0.15, -0.1) is 11.3 Å². The van der Waals surface area contributed by atoms with Crippen LogP contribution in [0.2, 0.25) is 0 Å². The van der Waals surface area contributed by atoms with E-state index in [-0.39, 0.29) is 17.6 Å². The van der Waals surface area contributed by atoms with Gasteiger partial charge >= 0.3 is 6.18 Å². The van der Waals surface area contributed by atoms with E-state index in [1.807, 2.05) is 0 Å². The second kappa shape index (κ2) is 6.21. The Balaban J connectivity index is 1.79. The van der Waals surface area contributed by atoms with Crippen LogP contribution in [-0.2, 0) is 6.18 Å². The SMILES string of the molecule is O=C(NCC(O)c1cncs1)c1n[nH]c2ccc(C(F)(F)F)cc12. The number of amides is 1. The smallest absolute Gasteiger partial charge is 0.386 e. The minimum atomic E-state index is -4.51. The number of aromatic amines is 1. The van der Waals surface area contributed by atoms with Gasteiger partial charge in [0.05, 0.1) is 21.5 Å². The molecular formula is C14H11F3N4O2S. The van der Waals surface area contributed by atoms with E-state index >= 15 is 0 Å². The lowest BCUT2D eigenvalue weighted by molar-refractivity contribution is -0.137. The molecule has 126 valence electrons. The molecule has 1 aromatic carbocycles. The highest BCUT2D eigenvalue weighted by Gasteiger charge is 2.31. The molecule has 0 radical (unpaired) electrons. The lowest BCUT2D eigenvalue weighted by Gasteiger charge is -2.09. The lowest BCUT2D eigenvalue weighted by atomic mass is 10.1. The lowest BCUT2D eigenvalue weighted by Crippen LogP contribution is -2.28. The third-order valence-electron chi connectivity index (χ3n) is 3.34. The Morgan fingerprint density at radius 2 is 2.21 bits per heavy atom. The van der Waals surface area contributed by atoms with Crippen LogP contribution in [0.25, 0.3) is 10.9 Å². The molecule has 10 heteroatoms. The fraction of sp³-hybridized carbons (Fsp3) is 0.214. The van der Waals surface area contributed by atoms with E-state index in [0.29, 0.717) is 10.4 Å². The van der Waals surface area contributed by atoms with Gasteiger partial charge in [-0.1, -0.05) is 0 Å². The Labute approximate surface area is 137 Å². The first-order valence-corrected chi connectivity index (χ1v) is 7.64. The van der Waals surface area contributed by atoms with Crippen molar-refractivity contribution in [2.75, 3.05) is 6.54 Å². The summed E-state index contributed by atoms with van der Waals surface area (Å²) in [6.45, 7) is -0.103. The van der Waals surface area contributed by atoms with Crippen molar-refractivity contribution in [1.82, 2.24) is 20.5 Å². The van der Waals surface area contributed by atoms with E-state index < -0.39 is 23.8 Å². The molecule has 0 saturated carbocycles. The molecule has 1 unspecified atom stereocenters. The molecule has 2 heterocycles. The maximum Gasteiger partial charge on any atom is 0.416 e. The van der Waals surface area contributed by atoms with Crippen LogP contribution < -0.4 is 5.32 Å². The Morgan fingerprint density at radius 3 is 2.88 bits per heavy atom. The Morgan fingerprint density at radius 1 is 1.42 bits per heavy atom. The van der Waals surface area contributed by atoms with Crippen LogP contribution in [0.15, 0.2) is 29.9 Å². The summed E-state index contributed by atoms with van der Waals surface area (Å²) in [6, 6.07) is 3.00. The summed E-state index contributed by atoms with van der Waals surface area (Å²) in [4.78, 5) is 16.5. The number of nitrogens with one attached hydrogen (secondary N) is 2. The number of thiazole rings is 1. The number of H-pyrrole nitrogens is 1. The van der Waals surface area contributed by atoms with Gasteiger partial charge in [0.1, 0.15) is 6.10 Å². The van der Waals surface area contributed by atoms with Gasteiger partial charge < -0.3 is 10.4 Å². The zero-order chi connectivity index (χ0) is 17.3. The number of nitrogens with zero attached hydrogens (tertiary/aromatic N) is 2. The van der Waals surface area contributed by atoms with Crippen LogP contribution >= 0.6 is 11.3 Å². The van der Waals surface area contributed by atoms with Crippen LogP contribution in [0.4, 0.5) is 13.2 Å². The zero-order valence-corrected chi connectivity index (χ0v) is 12.8. The van der Waals surface area contributed by atoms with Crippen molar-refractivity contribution in [3.63, 3.8) is 0 Å². The van der Waals surface area contributed by atoms with E-state index in [4.69, 9.17) is 0 Å². The summed E-state index contributed by atoms with van der Waals surface area (Å²) >= 11 is 1.23. The van der Waals surface area contributed by atoms with Crippen LogP contribution in [-0.4, -0.2) is 32.7 Å². The van der Waals surface area contributed by atoms with Gasteiger partial charge in [0.2, 0.25) is 0 Å². The van der Waals surface area contributed by atoms with Crippen LogP contribution in [0.5, 0.6) is 0 Å². The fourth-order valence-electron chi connectivity index (χ4n) is 2.13. The molecule has 2 aromatic heterocycles. The molecule has 3 N–H and O–H groups in total. The predicted molar refractivity (Wildman–Crippen MR) is 80.5 cm³/mol. The topological polar surface area (TPSA) is 90.9 Å². The molecule has 3 aromatic rings. The summed E-state index contributed by atoms with van der Waals surface area (Å²) in [5.74, 6) is -0.677. The highest BCUT2D eigenvalue weighted by Crippen LogP contribution is 2.31. The first-order valence-electron chi connectivity index (χ1n) is 6.76. The predicted octanol–water partition coefficient (Wildman–Crippen LogP) is 2.50. The minimum Gasteiger partial charge on any atom is -0.386 e. The molecule has 0 bridgehead atoms. The largest absolute Gasteiger partial charge is 0.416 e. The van der Waals surface area contributed by atoms with Gasteiger partial charge in [-0.2, -0.15) is 18.3 Å². The number of alkyl halides is 3. The molecular weight excluding hydrogens is 345 g/mol. The summed E-state index contributed by atoms with van der Waals surface area (Å²) in [6.07, 6.45) is -3.99. The Hall–Kier alpha value is -2.46. The molecule has 0 spiro atoms. The van der Waals surface area contributed by atoms with Gasteiger partial charge in [-0.05, 0) is 18.2 Å². The number of rotatable bonds is 4. The molecule has 24 heavy (non-hydrogen) atoms. The van der Waals surface area contributed by atoms with Gasteiger partial charge in [0, 0.05) is 18.1 Å². The number of hydrogen-bond donors (Lipinski definition) is 3. The average Bonchev–Trinajstić information content (AvgIpc) is 3.20. The van der Waals surface area contributed by atoms with E-state index in [1.54, 1.807) is 5.51 Å². The number of fused-ring (bicyclic) bond motifs is 1. The number of hydrogen-bond acceptors (Lipinski definition) is 5. The molecule has 0 aliphatic heterocycles. The number of benzene rings is 1. The third kappa shape index (κ3) is 3.24. The van der Waals surface area contributed by atoms with Crippen LogP contribution in [0.1, 0.15) is 27.0 Å². The maximum absolute atomic E-state index is 12.8.